The maximum atomic E-state index is 11.8. The number of nitrogens with zero attached hydrogens (tertiary/aromatic N) is 2. The fraction of sp³-hybridized carbons (Fsp3) is 0.375. The Kier molecular flexibility index (Phi) is 5.26. The summed E-state index contributed by atoms with van der Waals surface area (Å²) in [4.78, 5) is 27.9. The Hall–Kier alpha value is -1.79. The van der Waals surface area contributed by atoms with Crippen molar-refractivity contribution < 1.29 is 14.3 Å². The van der Waals surface area contributed by atoms with Crippen LogP contribution in [0.1, 0.15) is 13.8 Å². The fourth-order valence-electron chi connectivity index (χ4n) is 2.27. The number of carbonyl (C=O) groups is 2. The van der Waals surface area contributed by atoms with E-state index in [1.54, 1.807) is 36.8 Å². The summed E-state index contributed by atoms with van der Waals surface area (Å²) >= 11 is 1.56. The SMILES string of the molecule is COCCN(C(C)=O)c1ccc2c(c1)N(C)/C(=C/C(C)=O)S2. The average Bonchev–Trinajstić information content (AvgIpc) is 2.75. The van der Waals surface area contributed by atoms with Crippen LogP contribution in [0.4, 0.5) is 11.4 Å². The van der Waals surface area contributed by atoms with E-state index in [1.165, 1.54) is 6.92 Å². The van der Waals surface area contributed by atoms with Crippen molar-refractivity contribution >= 4 is 34.8 Å². The summed E-state index contributed by atoms with van der Waals surface area (Å²) < 4.78 is 5.06. The van der Waals surface area contributed by atoms with Gasteiger partial charge in [0.05, 0.1) is 17.3 Å². The Morgan fingerprint density at radius 3 is 2.68 bits per heavy atom. The highest BCUT2D eigenvalue weighted by Gasteiger charge is 2.24. The number of carbonyl (C=O) groups excluding carboxylic acids is 2. The van der Waals surface area contributed by atoms with Crippen molar-refractivity contribution in [2.75, 3.05) is 37.1 Å². The van der Waals surface area contributed by atoms with Gasteiger partial charge in [0.2, 0.25) is 5.91 Å². The topological polar surface area (TPSA) is 49.9 Å². The van der Waals surface area contributed by atoms with Crippen LogP contribution >= 0.6 is 11.8 Å². The summed E-state index contributed by atoms with van der Waals surface area (Å²) in [7, 11) is 3.54. The molecule has 22 heavy (non-hydrogen) atoms. The van der Waals surface area contributed by atoms with Crippen LogP contribution in [0, 0.1) is 0 Å². The number of ketones is 1. The molecule has 0 atom stereocenters. The molecule has 0 unspecified atom stereocenters. The van der Waals surface area contributed by atoms with E-state index < -0.39 is 0 Å². The minimum absolute atomic E-state index is 0.0211. The quantitative estimate of drug-likeness (QED) is 0.781. The predicted molar refractivity (Wildman–Crippen MR) is 89.4 cm³/mol. The molecule has 118 valence electrons. The normalized spacial score (nSPS) is 15.1. The van der Waals surface area contributed by atoms with Gasteiger partial charge in [-0.05, 0) is 25.1 Å². The van der Waals surface area contributed by atoms with Crippen molar-refractivity contribution in [1.82, 2.24) is 0 Å². The Labute approximate surface area is 134 Å². The molecule has 1 aliphatic rings. The molecule has 6 heteroatoms. The molecule has 2 rings (SSSR count). The molecule has 1 aliphatic heterocycles. The number of hydrogen-bond acceptors (Lipinski definition) is 5. The molecular weight excluding hydrogens is 300 g/mol. The minimum Gasteiger partial charge on any atom is -0.383 e. The lowest BCUT2D eigenvalue weighted by atomic mass is 10.2. The van der Waals surface area contributed by atoms with E-state index in [0.717, 1.165) is 21.3 Å². The number of anilines is 2. The number of hydrogen-bond donors (Lipinski definition) is 0. The van der Waals surface area contributed by atoms with Gasteiger partial charge in [-0.1, -0.05) is 11.8 Å². The molecule has 0 N–H and O–H groups in total. The van der Waals surface area contributed by atoms with Crippen molar-refractivity contribution in [2.24, 2.45) is 0 Å². The molecule has 0 saturated carbocycles. The summed E-state index contributed by atoms with van der Waals surface area (Å²) in [5, 5.41) is 0.894. The molecule has 5 nitrogen and oxygen atoms in total. The van der Waals surface area contributed by atoms with Crippen LogP contribution in [0.2, 0.25) is 0 Å². The van der Waals surface area contributed by atoms with Gasteiger partial charge in [-0.2, -0.15) is 0 Å². The Bertz CT molecular complexity index is 628. The Morgan fingerprint density at radius 2 is 2.09 bits per heavy atom. The molecule has 1 aromatic carbocycles. The lowest BCUT2D eigenvalue weighted by Crippen LogP contribution is -2.31. The minimum atomic E-state index is -0.0233. The number of benzene rings is 1. The van der Waals surface area contributed by atoms with E-state index in [9.17, 15) is 9.59 Å². The highest BCUT2D eigenvalue weighted by molar-refractivity contribution is 8.03. The van der Waals surface area contributed by atoms with Gasteiger partial charge in [0.1, 0.15) is 0 Å². The number of allylic oxidation sites excluding steroid dienone is 1. The molecule has 1 aromatic rings. The van der Waals surface area contributed by atoms with E-state index in [2.05, 4.69) is 0 Å². The first-order valence-corrected chi connectivity index (χ1v) is 7.80. The number of fused-ring (bicyclic) bond motifs is 1. The molecule has 0 fully saturated rings. The first-order chi connectivity index (χ1) is 10.4. The smallest absolute Gasteiger partial charge is 0.223 e. The van der Waals surface area contributed by atoms with Gasteiger partial charge in [0.15, 0.2) is 5.78 Å². The second kappa shape index (κ2) is 6.98. The Morgan fingerprint density at radius 1 is 1.36 bits per heavy atom. The lowest BCUT2D eigenvalue weighted by molar-refractivity contribution is -0.116. The molecule has 0 aromatic heterocycles. The van der Waals surface area contributed by atoms with E-state index in [1.807, 2.05) is 30.1 Å². The van der Waals surface area contributed by atoms with E-state index >= 15 is 0 Å². The van der Waals surface area contributed by atoms with Crippen LogP contribution in [-0.2, 0) is 14.3 Å². The van der Waals surface area contributed by atoms with Crippen molar-refractivity contribution in [3.8, 4) is 0 Å². The fourth-order valence-corrected chi connectivity index (χ4v) is 3.40. The zero-order valence-electron chi connectivity index (χ0n) is 13.3. The highest BCUT2D eigenvalue weighted by atomic mass is 32.2. The third kappa shape index (κ3) is 3.51. The molecule has 0 spiro atoms. The van der Waals surface area contributed by atoms with Gasteiger partial charge in [-0.3, -0.25) is 9.59 Å². The van der Waals surface area contributed by atoms with Gasteiger partial charge in [0.25, 0.3) is 0 Å². The third-order valence-electron chi connectivity index (χ3n) is 3.39. The van der Waals surface area contributed by atoms with Crippen molar-refractivity contribution in [3.63, 3.8) is 0 Å². The third-order valence-corrected chi connectivity index (χ3v) is 4.55. The molecule has 1 amide bonds. The van der Waals surface area contributed by atoms with Crippen LogP contribution in [0.5, 0.6) is 0 Å². The van der Waals surface area contributed by atoms with Gasteiger partial charge >= 0.3 is 0 Å². The number of ether oxygens (including phenoxy) is 1. The number of amides is 1. The standard InChI is InChI=1S/C16H20N2O3S/c1-11(19)9-16-17(3)14-10-13(5-6-15(14)22-16)18(12(2)20)7-8-21-4/h5-6,9-10H,7-8H2,1-4H3/b16-9-. The van der Waals surface area contributed by atoms with Crippen LogP contribution in [0.15, 0.2) is 34.2 Å². The maximum Gasteiger partial charge on any atom is 0.223 e. The second-order valence-electron chi connectivity index (χ2n) is 5.07. The monoisotopic (exact) mass is 320 g/mol. The van der Waals surface area contributed by atoms with Crippen molar-refractivity contribution in [2.45, 2.75) is 18.7 Å². The van der Waals surface area contributed by atoms with Crippen molar-refractivity contribution in [3.05, 3.63) is 29.3 Å². The highest BCUT2D eigenvalue weighted by Crippen LogP contribution is 2.46. The molecular formula is C16H20N2O3S. The second-order valence-corrected chi connectivity index (χ2v) is 6.13. The largest absolute Gasteiger partial charge is 0.383 e. The summed E-state index contributed by atoms with van der Waals surface area (Å²) in [6.45, 7) is 4.08. The number of methoxy groups -OCH3 is 1. The molecule has 0 aliphatic carbocycles. The summed E-state index contributed by atoms with van der Waals surface area (Å²) in [6, 6.07) is 5.88. The summed E-state index contributed by atoms with van der Waals surface area (Å²) in [5.41, 5.74) is 1.83. The van der Waals surface area contributed by atoms with E-state index in [0.29, 0.717) is 13.2 Å². The van der Waals surface area contributed by atoms with Gasteiger partial charge < -0.3 is 14.5 Å². The molecule has 0 bridgehead atoms. The van der Waals surface area contributed by atoms with E-state index in [-0.39, 0.29) is 11.7 Å². The first kappa shape index (κ1) is 16.6. The zero-order valence-corrected chi connectivity index (χ0v) is 14.1. The molecule has 0 radical (unpaired) electrons. The zero-order chi connectivity index (χ0) is 16.3. The average molecular weight is 320 g/mol. The first-order valence-electron chi connectivity index (χ1n) is 6.99. The predicted octanol–water partition coefficient (Wildman–Crippen LogP) is 2.66. The van der Waals surface area contributed by atoms with Crippen molar-refractivity contribution in [1.29, 1.82) is 0 Å². The van der Waals surface area contributed by atoms with E-state index in [4.69, 9.17) is 4.74 Å². The van der Waals surface area contributed by atoms with Gasteiger partial charge in [0, 0.05) is 44.3 Å². The molecule has 1 heterocycles. The Balaban J connectivity index is 2.32. The van der Waals surface area contributed by atoms with Crippen LogP contribution < -0.4 is 9.80 Å². The van der Waals surface area contributed by atoms with Gasteiger partial charge in [-0.15, -0.1) is 0 Å². The summed E-state index contributed by atoms with van der Waals surface area (Å²) in [6.07, 6.45) is 1.62. The van der Waals surface area contributed by atoms with Crippen LogP contribution in [0.3, 0.4) is 0 Å². The lowest BCUT2D eigenvalue weighted by Gasteiger charge is -2.22. The van der Waals surface area contributed by atoms with Crippen LogP contribution in [0.25, 0.3) is 0 Å². The molecule has 0 saturated heterocycles. The maximum absolute atomic E-state index is 11.8. The van der Waals surface area contributed by atoms with Gasteiger partial charge in [-0.25, -0.2) is 0 Å². The number of rotatable bonds is 5. The number of thioether (sulfide) groups is 1. The van der Waals surface area contributed by atoms with Crippen LogP contribution in [-0.4, -0.2) is 39.0 Å². The summed E-state index contributed by atoms with van der Waals surface area (Å²) in [5.74, 6) is -0.00218.